The van der Waals surface area contributed by atoms with Crippen LogP contribution in [0, 0.1) is 5.92 Å². The molecule has 16 heavy (non-hydrogen) atoms. The lowest BCUT2D eigenvalue weighted by atomic mass is 10.0. The lowest BCUT2D eigenvalue weighted by Crippen LogP contribution is -2.36. The third-order valence-corrected chi connectivity index (χ3v) is 2.19. The average Bonchev–Trinajstić information content (AvgIpc) is 2.24. The molecule has 0 fully saturated rings. The molecule has 4 heteroatoms. The Labute approximate surface area is 98.2 Å². The number of amides is 1. The minimum atomic E-state index is -0.0638. The molecule has 0 spiro atoms. The van der Waals surface area contributed by atoms with Crippen molar-refractivity contribution in [3.63, 3.8) is 0 Å². The Morgan fingerprint density at radius 3 is 2.75 bits per heavy atom. The van der Waals surface area contributed by atoms with Crippen LogP contribution < -0.4 is 11.1 Å². The summed E-state index contributed by atoms with van der Waals surface area (Å²) in [5.74, 6) is -0.0329. The number of carbonyl (C=O) groups excluding carboxylic acids is 1. The molecule has 0 rings (SSSR count). The molecule has 0 aromatic heterocycles. The third kappa shape index (κ3) is 7.43. The molecule has 0 radical (unpaired) electrons. The van der Waals surface area contributed by atoms with E-state index in [2.05, 4.69) is 11.9 Å². The summed E-state index contributed by atoms with van der Waals surface area (Å²) in [6.07, 6.45) is 1.82. The lowest BCUT2D eigenvalue weighted by Gasteiger charge is -2.13. The van der Waals surface area contributed by atoms with E-state index in [0.717, 1.165) is 18.4 Å². The van der Waals surface area contributed by atoms with Gasteiger partial charge in [0.2, 0.25) is 5.91 Å². The van der Waals surface area contributed by atoms with E-state index in [-0.39, 0.29) is 11.8 Å². The molecule has 0 saturated heterocycles. The third-order valence-electron chi connectivity index (χ3n) is 2.19. The lowest BCUT2D eigenvalue weighted by molar-refractivity contribution is -0.125. The van der Waals surface area contributed by atoms with Gasteiger partial charge in [0.15, 0.2) is 0 Å². The fraction of sp³-hybridized carbons (Fsp3) is 0.750. The van der Waals surface area contributed by atoms with Crippen LogP contribution in [0.5, 0.6) is 0 Å². The fourth-order valence-corrected chi connectivity index (χ4v) is 1.34. The molecule has 0 heterocycles. The van der Waals surface area contributed by atoms with Crippen LogP contribution in [0.3, 0.4) is 0 Å². The number of hydrogen-bond acceptors (Lipinski definition) is 3. The quantitative estimate of drug-likeness (QED) is 0.458. The first-order valence-electron chi connectivity index (χ1n) is 5.81. The molecule has 4 nitrogen and oxygen atoms in total. The van der Waals surface area contributed by atoms with Crippen LogP contribution in [0.15, 0.2) is 12.2 Å². The zero-order valence-electron chi connectivity index (χ0n) is 10.4. The Kier molecular flexibility index (Phi) is 8.85. The molecular weight excluding hydrogens is 204 g/mol. The second-order valence-corrected chi connectivity index (χ2v) is 4.02. The van der Waals surface area contributed by atoms with E-state index in [4.69, 9.17) is 10.5 Å². The summed E-state index contributed by atoms with van der Waals surface area (Å²) in [7, 11) is 0. The molecule has 0 aromatic carbocycles. The average molecular weight is 228 g/mol. The van der Waals surface area contributed by atoms with E-state index in [1.807, 2.05) is 13.8 Å². The molecule has 0 bridgehead atoms. The summed E-state index contributed by atoms with van der Waals surface area (Å²) in [5.41, 5.74) is 6.51. The van der Waals surface area contributed by atoms with Crippen molar-refractivity contribution >= 4 is 5.91 Å². The van der Waals surface area contributed by atoms with Gasteiger partial charge in [0.25, 0.3) is 0 Å². The second kappa shape index (κ2) is 9.36. The minimum Gasteiger partial charge on any atom is -0.375 e. The smallest absolute Gasteiger partial charge is 0.224 e. The highest BCUT2D eigenvalue weighted by Crippen LogP contribution is 2.03. The monoisotopic (exact) mass is 228 g/mol. The van der Waals surface area contributed by atoms with Crippen molar-refractivity contribution in [3.8, 4) is 0 Å². The van der Waals surface area contributed by atoms with E-state index in [9.17, 15) is 4.79 Å². The largest absolute Gasteiger partial charge is 0.375 e. The van der Waals surface area contributed by atoms with Crippen LogP contribution in [0.25, 0.3) is 0 Å². The molecule has 0 aliphatic heterocycles. The van der Waals surface area contributed by atoms with Crippen LogP contribution in [-0.4, -0.2) is 32.2 Å². The molecule has 0 saturated carbocycles. The number of rotatable bonds is 9. The maximum Gasteiger partial charge on any atom is 0.224 e. The first-order chi connectivity index (χ1) is 7.61. The normalized spacial score (nSPS) is 12.2. The zero-order chi connectivity index (χ0) is 12.4. The summed E-state index contributed by atoms with van der Waals surface area (Å²) >= 11 is 0. The van der Waals surface area contributed by atoms with Crippen molar-refractivity contribution in [1.82, 2.24) is 5.32 Å². The van der Waals surface area contributed by atoms with Gasteiger partial charge < -0.3 is 15.8 Å². The topological polar surface area (TPSA) is 64.3 Å². The van der Waals surface area contributed by atoms with Crippen molar-refractivity contribution in [2.75, 3.05) is 26.3 Å². The summed E-state index contributed by atoms with van der Waals surface area (Å²) in [4.78, 5) is 11.6. The Morgan fingerprint density at radius 2 is 2.25 bits per heavy atom. The molecular formula is C12H24N2O2. The Bertz CT molecular complexity index is 217. The molecule has 0 aromatic rings. The van der Waals surface area contributed by atoms with Crippen LogP contribution in [0.1, 0.15) is 26.7 Å². The van der Waals surface area contributed by atoms with Crippen molar-refractivity contribution < 1.29 is 9.53 Å². The number of hydrogen-bond donors (Lipinski definition) is 2. The molecule has 1 unspecified atom stereocenters. The molecule has 1 amide bonds. The Hall–Kier alpha value is -0.870. The summed E-state index contributed by atoms with van der Waals surface area (Å²) in [5, 5.41) is 2.82. The predicted molar refractivity (Wildman–Crippen MR) is 66.1 cm³/mol. The SMILES string of the molecule is C=C(C)COCCNC(=O)C(CN)CCC. The van der Waals surface area contributed by atoms with Gasteiger partial charge in [-0.1, -0.05) is 25.5 Å². The van der Waals surface area contributed by atoms with E-state index in [1.54, 1.807) is 0 Å². The fourth-order valence-electron chi connectivity index (χ4n) is 1.34. The number of ether oxygens (including phenoxy) is 1. The highest BCUT2D eigenvalue weighted by molar-refractivity contribution is 5.78. The van der Waals surface area contributed by atoms with Crippen LogP contribution in [0.2, 0.25) is 0 Å². The maximum atomic E-state index is 11.6. The first-order valence-corrected chi connectivity index (χ1v) is 5.81. The van der Waals surface area contributed by atoms with Gasteiger partial charge in [-0.2, -0.15) is 0 Å². The van der Waals surface area contributed by atoms with Crippen molar-refractivity contribution in [3.05, 3.63) is 12.2 Å². The van der Waals surface area contributed by atoms with E-state index >= 15 is 0 Å². The van der Waals surface area contributed by atoms with E-state index in [1.165, 1.54) is 0 Å². The van der Waals surface area contributed by atoms with Gasteiger partial charge in [0.1, 0.15) is 0 Å². The van der Waals surface area contributed by atoms with Gasteiger partial charge in [-0.15, -0.1) is 0 Å². The summed E-state index contributed by atoms with van der Waals surface area (Å²) < 4.78 is 5.27. The molecule has 0 aliphatic rings. The number of nitrogens with one attached hydrogen (secondary N) is 1. The zero-order valence-corrected chi connectivity index (χ0v) is 10.4. The maximum absolute atomic E-state index is 11.6. The minimum absolute atomic E-state index is 0.0308. The number of carbonyl (C=O) groups is 1. The molecule has 3 N–H and O–H groups in total. The molecule has 94 valence electrons. The highest BCUT2D eigenvalue weighted by Gasteiger charge is 2.14. The first kappa shape index (κ1) is 15.1. The van der Waals surface area contributed by atoms with Gasteiger partial charge in [0.05, 0.1) is 19.1 Å². The van der Waals surface area contributed by atoms with Gasteiger partial charge in [-0.25, -0.2) is 0 Å². The van der Waals surface area contributed by atoms with Crippen LogP contribution >= 0.6 is 0 Å². The van der Waals surface area contributed by atoms with E-state index < -0.39 is 0 Å². The van der Waals surface area contributed by atoms with E-state index in [0.29, 0.717) is 26.3 Å². The van der Waals surface area contributed by atoms with Crippen LogP contribution in [0.4, 0.5) is 0 Å². The Balaban J connectivity index is 3.59. The number of nitrogens with two attached hydrogens (primary N) is 1. The van der Waals surface area contributed by atoms with Gasteiger partial charge in [-0.05, 0) is 13.3 Å². The van der Waals surface area contributed by atoms with Gasteiger partial charge in [0, 0.05) is 13.1 Å². The standard InChI is InChI=1S/C12H24N2O2/c1-4-5-11(8-13)12(15)14-6-7-16-9-10(2)3/h11H,2,4-9,13H2,1,3H3,(H,14,15). The van der Waals surface area contributed by atoms with Crippen molar-refractivity contribution in [1.29, 1.82) is 0 Å². The summed E-state index contributed by atoms with van der Waals surface area (Å²) in [6, 6.07) is 0. The second-order valence-electron chi connectivity index (χ2n) is 4.02. The van der Waals surface area contributed by atoms with Gasteiger partial charge in [-0.3, -0.25) is 4.79 Å². The van der Waals surface area contributed by atoms with Crippen molar-refractivity contribution in [2.45, 2.75) is 26.7 Å². The van der Waals surface area contributed by atoms with Crippen molar-refractivity contribution in [2.24, 2.45) is 11.7 Å². The summed E-state index contributed by atoms with van der Waals surface area (Å²) in [6.45, 7) is 9.69. The molecule has 0 aliphatic carbocycles. The van der Waals surface area contributed by atoms with Gasteiger partial charge >= 0.3 is 0 Å². The predicted octanol–water partition coefficient (Wildman–Crippen LogP) is 1.07. The Morgan fingerprint density at radius 1 is 1.56 bits per heavy atom. The van der Waals surface area contributed by atoms with Crippen LogP contribution in [-0.2, 0) is 9.53 Å². The highest BCUT2D eigenvalue weighted by atomic mass is 16.5. The molecule has 1 atom stereocenters.